The van der Waals surface area contributed by atoms with Gasteiger partial charge < -0.3 is 5.73 Å². The first kappa shape index (κ1) is 9.41. The maximum Gasteiger partial charge on any atom is -0.0195 e. The Bertz CT molecular complexity index is 22.7. The fourth-order valence-corrected chi connectivity index (χ4v) is 0. The number of rotatable bonds is 0. The third kappa shape index (κ3) is 34.2. The fourth-order valence-electron chi connectivity index (χ4n) is 0. The molecule has 2 N–H and O–H groups in total. The second-order valence-electron chi connectivity index (χ2n) is 0.482. The first-order valence-corrected chi connectivity index (χ1v) is 2.26. The lowest BCUT2D eigenvalue weighted by Crippen LogP contribution is -1.69. The van der Waals surface area contributed by atoms with E-state index in [4.69, 9.17) is 0 Å². The fraction of sp³-hybridized carbons (Fsp3) is 0.500. The predicted molar refractivity (Wildman–Crippen MR) is 33.9 cm³/mol. The molecule has 0 spiro atoms. The maximum absolute atomic E-state index is 4.50. The van der Waals surface area contributed by atoms with E-state index in [1.54, 1.807) is 5.41 Å². The summed E-state index contributed by atoms with van der Waals surface area (Å²) in [5, 5.41) is 1.69. The Labute approximate surface area is 44.6 Å². The van der Waals surface area contributed by atoms with E-state index in [0.29, 0.717) is 0 Å². The van der Waals surface area contributed by atoms with Crippen molar-refractivity contribution >= 4 is 12.6 Å². The minimum atomic E-state index is 1.50. The number of allylic oxidation sites excluding steroid dienone is 1. The van der Waals surface area contributed by atoms with Crippen molar-refractivity contribution in [1.29, 1.82) is 0 Å². The summed E-state index contributed by atoms with van der Waals surface area (Å²) in [6.45, 7) is 1.92. The molecule has 38 valence electrons. The summed E-state index contributed by atoms with van der Waals surface area (Å²) in [6, 6.07) is 0. The number of hydrogen-bond acceptors (Lipinski definition) is 2. The van der Waals surface area contributed by atoms with Crippen molar-refractivity contribution in [1.82, 2.24) is 0 Å². The molecule has 0 aliphatic rings. The summed E-state index contributed by atoms with van der Waals surface area (Å²) in [4.78, 5) is 0. The van der Waals surface area contributed by atoms with Crippen LogP contribution in [0.25, 0.3) is 0 Å². The zero-order valence-corrected chi connectivity index (χ0v) is 5.07. The van der Waals surface area contributed by atoms with E-state index in [-0.39, 0.29) is 0 Å². The van der Waals surface area contributed by atoms with E-state index in [1.165, 1.54) is 7.05 Å². The molecule has 0 aromatic carbocycles. The summed E-state index contributed by atoms with van der Waals surface area (Å²) in [5.74, 6) is 0. The van der Waals surface area contributed by atoms with Crippen molar-refractivity contribution in [2.24, 2.45) is 5.73 Å². The predicted octanol–water partition coefficient (Wildman–Crippen LogP) is 1.02. The monoisotopic (exact) mass is 105 g/mol. The first-order chi connectivity index (χ1) is 2.91. The molecule has 0 aromatic heterocycles. The Balaban J connectivity index is 0. The highest BCUT2D eigenvalue weighted by Gasteiger charge is 1.34. The van der Waals surface area contributed by atoms with Gasteiger partial charge in [0, 0.05) is 0 Å². The normalized spacial score (nSPS) is 7.33. The molecule has 0 bridgehead atoms. The zero-order valence-electron chi connectivity index (χ0n) is 4.18. The second-order valence-corrected chi connectivity index (χ2v) is 0.781. The van der Waals surface area contributed by atoms with Gasteiger partial charge in [0.2, 0.25) is 0 Å². The van der Waals surface area contributed by atoms with Crippen LogP contribution in [-0.4, -0.2) is 7.05 Å². The molecule has 0 rings (SSSR count). The van der Waals surface area contributed by atoms with E-state index in [9.17, 15) is 0 Å². The molecule has 0 aliphatic heterocycles. The Morgan fingerprint density at radius 1 is 1.50 bits per heavy atom. The van der Waals surface area contributed by atoms with Gasteiger partial charge in [-0.1, -0.05) is 6.08 Å². The number of hydrogen-bond donors (Lipinski definition) is 2. The van der Waals surface area contributed by atoms with Crippen LogP contribution in [0.5, 0.6) is 0 Å². The molecule has 0 aliphatic carbocycles. The highest BCUT2D eigenvalue weighted by atomic mass is 32.1. The Morgan fingerprint density at radius 2 is 1.67 bits per heavy atom. The first-order valence-electron chi connectivity index (χ1n) is 1.75. The van der Waals surface area contributed by atoms with Crippen LogP contribution in [0.2, 0.25) is 0 Å². The molecule has 0 saturated heterocycles. The van der Waals surface area contributed by atoms with Gasteiger partial charge in [-0.2, -0.15) is 12.6 Å². The van der Waals surface area contributed by atoms with Gasteiger partial charge >= 0.3 is 0 Å². The third-order valence-electron chi connectivity index (χ3n) is 0.149. The Kier molecular flexibility index (Phi) is 30.9. The molecule has 2 heteroatoms. The van der Waals surface area contributed by atoms with Crippen molar-refractivity contribution in [3.8, 4) is 0 Å². The molecule has 0 fully saturated rings. The largest absolute Gasteiger partial charge is 0.333 e. The molecule has 0 unspecified atom stereocenters. The summed E-state index contributed by atoms with van der Waals surface area (Å²) >= 11 is 3.74. The Morgan fingerprint density at radius 3 is 1.67 bits per heavy atom. The van der Waals surface area contributed by atoms with Crippen molar-refractivity contribution in [2.45, 2.75) is 6.92 Å². The van der Waals surface area contributed by atoms with Gasteiger partial charge in [-0.3, -0.25) is 0 Å². The molecule has 0 saturated carbocycles. The van der Waals surface area contributed by atoms with E-state index < -0.39 is 0 Å². The van der Waals surface area contributed by atoms with Crippen LogP contribution in [0.4, 0.5) is 0 Å². The van der Waals surface area contributed by atoms with Crippen LogP contribution in [-0.2, 0) is 0 Å². The van der Waals surface area contributed by atoms with Crippen LogP contribution < -0.4 is 5.73 Å². The molecule has 0 amide bonds. The highest BCUT2D eigenvalue weighted by Crippen LogP contribution is 1.69. The van der Waals surface area contributed by atoms with Crippen molar-refractivity contribution in [3.63, 3.8) is 0 Å². The minimum absolute atomic E-state index is 1.50. The van der Waals surface area contributed by atoms with Crippen LogP contribution in [0.1, 0.15) is 6.92 Å². The highest BCUT2D eigenvalue weighted by molar-refractivity contribution is 7.83. The third-order valence-corrected chi connectivity index (χ3v) is 0.447. The van der Waals surface area contributed by atoms with Gasteiger partial charge in [-0.05, 0) is 19.4 Å². The summed E-state index contributed by atoms with van der Waals surface area (Å²) in [7, 11) is 1.50. The van der Waals surface area contributed by atoms with Crippen molar-refractivity contribution in [2.75, 3.05) is 7.05 Å². The lowest BCUT2D eigenvalue weighted by Gasteiger charge is -1.49. The molecule has 1 nitrogen and oxygen atoms in total. The lowest BCUT2D eigenvalue weighted by atomic mass is 10.8. The SMILES string of the molecule is CC=CS.CN. The van der Waals surface area contributed by atoms with Gasteiger partial charge in [0.15, 0.2) is 0 Å². The topological polar surface area (TPSA) is 26.0 Å². The van der Waals surface area contributed by atoms with Crippen LogP contribution >= 0.6 is 12.6 Å². The van der Waals surface area contributed by atoms with Crippen LogP contribution in [0, 0.1) is 0 Å². The average Bonchev–Trinajstić information content (AvgIpc) is 1.72. The van der Waals surface area contributed by atoms with E-state index in [1.807, 2.05) is 13.0 Å². The van der Waals surface area contributed by atoms with E-state index in [0.717, 1.165) is 0 Å². The van der Waals surface area contributed by atoms with Crippen molar-refractivity contribution < 1.29 is 0 Å². The minimum Gasteiger partial charge on any atom is -0.333 e. The lowest BCUT2D eigenvalue weighted by molar-refractivity contribution is 1.48. The van der Waals surface area contributed by atoms with Crippen molar-refractivity contribution in [3.05, 3.63) is 11.5 Å². The average molecular weight is 105 g/mol. The van der Waals surface area contributed by atoms with Gasteiger partial charge in [-0.15, -0.1) is 0 Å². The number of thiol groups is 1. The second kappa shape index (κ2) is 19.7. The Hall–Kier alpha value is 0.0500. The zero-order chi connectivity index (χ0) is 5.41. The molecule has 0 aromatic rings. The van der Waals surface area contributed by atoms with E-state index >= 15 is 0 Å². The molecule has 6 heavy (non-hydrogen) atoms. The summed E-state index contributed by atoms with van der Waals surface area (Å²) in [5.41, 5.74) is 4.50. The molecular weight excluding hydrogens is 94.1 g/mol. The standard InChI is InChI=1S/C3H6S.CH5N/c1-2-3-4;1-2/h2-4H,1H3;2H2,1H3. The van der Waals surface area contributed by atoms with Crippen LogP contribution in [0.3, 0.4) is 0 Å². The number of nitrogens with two attached hydrogens (primary N) is 1. The molecular formula is C4H11NS. The molecule has 0 heterocycles. The van der Waals surface area contributed by atoms with Crippen LogP contribution in [0.15, 0.2) is 11.5 Å². The van der Waals surface area contributed by atoms with Gasteiger partial charge in [0.25, 0.3) is 0 Å². The van der Waals surface area contributed by atoms with E-state index in [2.05, 4.69) is 18.4 Å². The summed E-state index contributed by atoms with van der Waals surface area (Å²) in [6.07, 6.45) is 1.86. The van der Waals surface area contributed by atoms with Gasteiger partial charge in [0.1, 0.15) is 0 Å². The van der Waals surface area contributed by atoms with Gasteiger partial charge in [0.05, 0.1) is 0 Å². The summed E-state index contributed by atoms with van der Waals surface area (Å²) < 4.78 is 0. The smallest absolute Gasteiger partial charge is 0.0195 e. The maximum atomic E-state index is 4.50. The molecule has 0 radical (unpaired) electrons. The molecule has 0 atom stereocenters. The van der Waals surface area contributed by atoms with Gasteiger partial charge in [-0.25, -0.2) is 0 Å². The quantitative estimate of drug-likeness (QED) is 0.442.